The van der Waals surface area contributed by atoms with Crippen molar-refractivity contribution in [1.29, 1.82) is 0 Å². The zero-order chi connectivity index (χ0) is 13.9. The predicted octanol–water partition coefficient (Wildman–Crippen LogP) is 3.79. The molecular formula is C17H27NO. The standard InChI is InChI=1S/C17H27NO/c1-5-13-9-7-8-10-14(13)19-15-11-12-17(3,4)16(15)18-6-2/h7-10,15-16,18H,5-6,11-12H2,1-4H3. The Morgan fingerprint density at radius 3 is 2.68 bits per heavy atom. The minimum absolute atomic E-state index is 0.294. The zero-order valence-electron chi connectivity index (χ0n) is 12.7. The summed E-state index contributed by atoms with van der Waals surface area (Å²) in [4.78, 5) is 0. The number of para-hydroxylation sites is 1. The van der Waals surface area contributed by atoms with Crippen molar-refractivity contribution in [2.45, 2.75) is 59.1 Å². The van der Waals surface area contributed by atoms with E-state index in [0.717, 1.165) is 25.1 Å². The maximum absolute atomic E-state index is 6.34. The van der Waals surface area contributed by atoms with Crippen molar-refractivity contribution in [2.24, 2.45) is 5.41 Å². The van der Waals surface area contributed by atoms with Crippen LogP contribution in [0.2, 0.25) is 0 Å². The van der Waals surface area contributed by atoms with Gasteiger partial charge in [-0.15, -0.1) is 0 Å². The maximum atomic E-state index is 6.34. The van der Waals surface area contributed by atoms with E-state index in [9.17, 15) is 0 Å². The van der Waals surface area contributed by atoms with Gasteiger partial charge in [-0.05, 0) is 42.9 Å². The second-order valence-corrected chi connectivity index (χ2v) is 6.18. The van der Waals surface area contributed by atoms with E-state index in [-0.39, 0.29) is 0 Å². The van der Waals surface area contributed by atoms with Gasteiger partial charge in [0.2, 0.25) is 0 Å². The van der Waals surface area contributed by atoms with Crippen molar-refractivity contribution in [1.82, 2.24) is 5.32 Å². The van der Waals surface area contributed by atoms with Crippen molar-refractivity contribution in [2.75, 3.05) is 6.54 Å². The highest BCUT2D eigenvalue weighted by atomic mass is 16.5. The van der Waals surface area contributed by atoms with Crippen LogP contribution in [0.5, 0.6) is 5.75 Å². The molecule has 0 aromatic heterocycles. The summed E-state index contributed by atoms with van der Waals surface area (Å²) in [5, 5.41) is 3.62. The number of benzene rings is 1. The van der Waals surface area contributed by atoms with E-state index >= 15 is 0 Å². The number of hydrogen-bond acceptors (Lipinski definition) is 2. The van der Waals surface area contributed by atoms with Gasteiger partial charge in [-0.2, -0.15) is 0 Å². The van der Waals surface area contributed by atoms with E-state index in [0.29, 0.717) is 17.6 Å². The Kier molecular flexibility index (Phi) is 4.51. The third-order valence-electron chi connectivity index (χ3n) is 4.34. The maximum Gasteiger partial charge on any atom is 0.122 e. The van der Waals surface area contributed by atoms with Crippen LogP contribution in [0, 0.1) is 5.41 Å². The third kappa shape index (κ3) is 3.11. The first-order valence-electron chi connectivity index (χ1n) is 7.56. The van der Waals surface area contributed by atoms with Crippen molar-refractivity contribution in [3.63, 3.8) is 0 Å². The Bertz CT molecular complexity index is 413. The molecule has 2 atom stereocenters. The number of rotatable bonds is 5. The van der Waals surface area contributed by atoms with Crippen LogP contribution < -0.4 is 10.1 Å². The summed E-state index contributed by atoms with van der Waals surface area (Å²) in [6.45, 7) is 10.0. The highest BCUT2D eigenvalue weighted by Gasteiger charge is 2.42. The highest BCUT2D eigenvalue weighted by Crippen LogP contribution is 2.39. The fourth-order valence-electron chi connectivity index (χ4n) is 3.17. The number of hydrogen-bond donors (Lipinski definition) is 1. The lowest BCUT2D eigenvalue weighted by Crippen LogP contribution is -2.46. The Morgan fingerprint density at radius 1 is 1.26 bits per heavy atom. The van der Waals surface area contributed by atoms with Gasteiger partial charge in [0.25, 0.3) is 0 Å². The minimum atomic E-state index is 0.294. The summed E-state index contributed by atoms with van der Waals surface area (Å²) in [6.07, 6.45) is 3.69. The molecule has 1 aliphatic carbocycles. The van der Waals surface area contributed by atoms with Gasteiger partial charge in [-0.3, -0.25) is 0 Å². The molecule has 1 saturated carbocycles. The van der Waals surface area contributed by atoms with Gasteiger partial charge in [0, 0.05) is 6.04 Å². The molecule has 19 heavy (non-hydrogen) atoms. The monoisotopic (exact) mass is 261 g/mol. The van der Waals surface area contributed by atoms with Crippen molar-refractivity contribution in [3.05, 3.63) is 29.8 Å². The van der Waals surface area contributed by atoms with Crippen molar-refractivity contribution >= 4 is 0 Å². The quantitative estimate of drug-likeness (QED) is 0.870. The van der Waals surface area contributed by atoms with E-state index in [2.05, 4.69) is 57.3 Å². The molecule has 0 heterocycles. The van der Waals surface area contributed by atoms with E-state index < -0.39 is 0 Å². The summed E-state index contributed by atoms with van der Waals surface area (Å²) in [6, 6.07) is 8.87. The lowest BCUT2D eigenvalue weighted by atomic mass is 9.87. The SMILES string of the molecule is CCNC1C(Oc2ccccc2CC)CCC1(C)C. The van der Waals surface area contributed by atoms with Crippen LogP contribution in [-0.4, -0.2) is 18.7 Å². The van der Waals surface area contributed by atoms with E-state index in [1.807, 2.05) is 0 Å². The summed E-state index contributed by atoms with van der Waals surface area (Å²) >= 11 is 0. The summed E-state index contributed by atoms with van der Waals surface area (Å²) in [5.74, 6) is 1.07. The van der Waals surface area contributed by atoms with Gasteiger partial charge in [0.1, 0.15) is 11.9 Å². The van der Waals surface area contributed by atoms with Crippen molar-refractivity contribution < 1.29 is 4.74 Å². The normalized spacial score (nSPS) is 25.5. The number of likely N-dealkylation sites (N-methyl/N-ethyl adjacent to an activating group) is 1. The van der Waals surface area contributed by atoms with Crippen molar-refractivity contribution in [3.8, 4) is 5.75 Å². The summed E-state index contributed by atoms with van der Waals surface area (Å²) < 4.78 is 6.34. The van der Waals surface area contributed by atoms with Crippen LogP contribution >= 0.6 is 0 Å². The topological polar surface area (TPSA) is 21.3 Å². The van der Waals surface area contributed by atoms with Gasteiger partial charge >= 0.3 is 0 Å². The Balaban J connectivity index is 2.14. The van der Waals surface area contributed by atoms with Gasteiger partial charge in [0.05, 0.1) is 0 Å². The average molecular weight is 261 g/mol. The number of nitrogens with one attached hydrogen (secondary N) is 1. The lowest BCUT2D eigenvalue weighted by molar-refractivity contribution is 0.140. The molecule has 1 aromatic rings. The molecular weight excluding hydrogens is 234 g/mol. The van der Waals surface area contributed by atoms with E-state index in [1.54, 1.807) is 0 Å². The lowest BCUT2D eigenvalue weighted by Gasteiger charge is -2.31. The minimum Gasteiger partial charge on any atom is -0.489 e. The number of aryl methyl sites for hydroxylation is 1. The molecule has 2 nitrogen and oxygen atoms in total. The summed E-state index contributed by atoms with van der Waals surface area (Å²) in [7, 11) is 0. The Labute approximate surface area is 117 Å². The van der Waals surface area contributed by atoms with Gasteiger partial charge < -0.3 is 10.1 Å². The van der Waals surface area contributed by atoms with Crippen LogP contribution in [0.1, 0.15) is 46.1 Å². The van der Waals surface area contributed by atoms with Gasteiger partial charge in [-0.25, -0.2) is 0 Å². The molecule has 106 valence electrons. The second-order valence-electron chi connectivity index (χ2n) is 6.18. The molecule has 0 aliphatic heterocycles. The third-order valence-corrected chi connectivity index (χ3v) is 4.34. The molecule has 0 saturated heterocycles. The largest absolute Gasteiger partial charge is 0.489 e. The Morgan fingerprint density at radius 2 is 2.00 bits per heavy atom. The highest BCUT2D eigenvalue weighted by molar-refractivity contribution is 5.33. The molecule has 0 bridgehead atoms. The molecule has 2 rings (SSSR count). The zero-order valence-corrected chi connectivity index (χ0v) is 12.7. The van der Waals surface area contributed by atoms with E-state index in [4.69, 9.17) is 4.74 Å². The fourth-order valence-corrected chi connectivity index (χ4v) is 3.17. The molecule has 1 aliphatic rings. The van der Waals surface area contributed by atoms with Gasteiger partial charge in [0.15, 0.2) is 0 Å². The molecule has 0 spiro atoms. The van der Waals surface area contributed by atoms with Crippen LogP contribution in [0.4, 0.5) is 0 Å². The van der Waals surface area contributed by atoms with Crippen LogP contribution in [0.15, 0.2) is 24.3 Å². The average Bonchev–Trinajstić information content (AvgIpc) is 2.67. The molecule has 1 N–H and O–H groups in total. The first-order chi connectivity index (χ1) is 9.08. The molecule has 2 heteroatoms. The van der Waals surface area contributed by atoms with E-state index in [1.165, 1.54) is 12.0 Å². The first kappa shape index (κ1) is 14.4. The van der Waals surface area contributed by atoms with Crippen LogP contribution in [0.25, 0.3) is 0 Å². The molecule has 2 unspecified atom stereocenters. The molecule has 1 fully saturated rings. The van der Waals surface area contributed by atoms with Gasteiger partial charge in [-0.1, -0.05) is 45.9 Å². The number of ether oxygens (including phenoxy) is 1. The fraction of sp³-hybridized carbons (Fsp3) is 0.647. The molecule has 1 aromatic carbocycles. The summed E-state index contributed by atoms with van der Waals surface area (Å²) in [5.41, 5.74) is 1.63. The van der Waals surface area contributed by atoms with Crippen LogP contribution in [0.3, 0.4) is 0 Å². The Hall–Kier alpha value is -1.02. The smallest absolute Gasteiger partial charge is 0.122 e. The molecule has 0 amide bonds. The molecule has 0 radical (unpaired) electrons. The van der Waals surface area contributed by atoms with Crippen LogP contribution in [-0.2, 0) is 6.42 Å². The first-order valence-corrected chi connectivity index (χ1v) is 7.56. The second kappa shape index (κ2) is 5.96. The predicted molar refractivity (Wildman–Crippen MR) is 80.7 cm³/mol.